The highest BCUT2D eigenvalue weighted by Crippen LogP contribution is 2.27. The van der Waals surface area contributed by atoms with Crippen LogP contribution in [-0.2, 0) is 20.9 Å². The molecule has 126 valence electrons. The van der Waals surface area contributed by atoms with Crippen molar-refractivity contribution in [3.63, 3.8) is 0 Å². The topological polar surface area (TPSA) is 76.7 Å². The van der Waals surface area contributed by atoms with Gasteiger partial charge in [-0.1, -0.05) is 24.6 Å². The fraction of sp³-hybridized carbons (Fsp3) is 0.529. The molecule has 2 rings (SSSR count). The molecule has 6 heteroatoms. The molecule has 1 aromatic rings. The van der Waals surface area contributed by atoms with E-state index < -0.39 is 0 Å². The lowest BCUT2D eigenvalue weighted by Gasteiger charge is -2.20. The Morgan fingerprint density at radius 1 is 1.26 bits per heavy atom. The van der Waals surface area contributed by atoms with E-state index in [9.17, 15) is 9.59 Å². The van der Waals surface area contributed by atoms with Crippen molar-refractivity contribution >= 4 is 17.7 Å². The van der Waals surface area contributed by atoms with Crippen LogP contribution >= 0.6 is 0 Å². The minimum atomic E-state index is -0.310. The predicted molar refractivity (Wildman–Crippen MR) is 87.1 cm³/mol. The normalized spacial score (nSPS) is 20.1. The van der Waals surface area contributed by atoms with E-state index in [1.165, 1.54) is 7.11 Å². The molecule has 6 nitrogen and oxygen atoms in total. The Bertz CT molecular complexity index is 547. The molecule has 0 spiro atoms. The number of hydrogen-bond acceptors (Lipinski definition) is 4. The third kappa shape index (κ3) is 4.69. The standard InChI is InChI=1S/C17H24N2O4/c1-3-23-11-12-7-4-5-9-14(12)18-17(21)19-15-10-6-8-13(15)16(20)22-2/h4-5,7,9,13,15H,3,6,8,10-11H2,1-2H3,(H2,18,19,21)/t13-,15-/m1/s1. The van der Waals surface area contributed by atoms with E-state index in [1.807, 2.05) is 31.2 Å². The van der Waals surface area contributed by atoms with Crippen LogP contribution in [0.5, 0.6) is 0 Å². The molecule has 0 aromatic heterocycles. The van der Waals surface area contributed by atoms with Crippen molar-refractivity contribution in [3.8, 4) is 0 Å². The minimum absolute atomic E-state index is 0.179. The molecule has 1 aliphatic carbocycles. The van der Waals surface area contributed by atoms with Crippen molar-refractivity contribution in [2.24, 2.45) is 5.92 Å². The van der Waals surface area contributed by atoms with E-state index in [2.05, 4.69) is 10.6 Å². The number of para-hydroxylation sites is 1. The van der Waals surface area contributed by atoms with E-state index in [4.69, 9.17) is 9.47 Å². The number of rotatable bonds is 6. The molecule has 0 radical (unpaired) electrons. The highest BCUT2D eigenvalue weighted by Gasteiger charge is 2.34. The van der Waals surface area contributed by atoms with Crippen LogP contribution < -0.4 is 10.6 Å². The number of urea groups is 1. The van der Waals surface area contributed by atoms with Crippen molar-refractivity contribution in [2.75, 3.05) is 19.0 Å². The zero-order chi connectivity index (χ0) is 16.7. The van der Waals surface area contributed by atoms with Crippen molar-refractivity contribution in [2.45, 2.75) is 38.8 Å². The molecule has 0 unspecified atom stereocenters. The van der Waals surface area contributed by atoms with Gasteiger partial charge in [-0.15, -0.1) is 0 Å². The number of esters is 1. The Labute approximate surface area is 136 Å². The summed E-state index contributed by atoms with van der Waals surface area (Å²) in [5.74, 6) is -0.519. The quantitative estimate of drug-likeness (QED) is 0.790. The number of hydrogen-bond donors (Lipinski definition) is 2. The molecule has 1 saturated carbocycles. The summed E-state index contributed by atoms with van der Waals surface area (Å²) in [6.07, 6.45) is 2.44. The fourth-order valence-electron chi connectivity index (χ4n) is 2.87. The van der Waals surface area contributed by atoms with Gasteiger partial charge in [-0.2, -0.15) is 0 Å². The van der Waals surface area contributed by atoms with Gasteiger partial charge in [0.05, 0.1) is 19.6 Å². The van der Waals surface area contributed by atoms with Gasteiger partial charge in [-0.25, -0.2) is 4.79 Å². The molecule has 1 aromatic carbocycles. The Balaban J connectivity index is 1.96. The smallest absolute Gasteiger partial charge is 0.319 e. The lowest BCUT2D eigenvalue weighted by Crippen LogP contribution is -2.42. The van der Waals surface area contributed by atoms with Gasteiger partial charge >= 0.3 is 12.0 Å². The third-order valence-electron chi connectivity index (χ3n) is 4.06. The molecule has 23 heavy (non-hydrogen) atoms. The summed E-state index contributed by atoms with van der Waals surface area (Å²) in [7, 11) is 1.38. The lowest BCUT2D eigenvalue weighted by atomic mass is 10.0. The number of nitrogens with one attached hydrogen (secondary N) is 2. The fourth-order valence-corrected chi connectivity index (χ4v) is 2.87. The average molecular weight is 320 g/mol. The zero-order valence-electron chi connectivity index (χ0n) is 13.6. The van der Waals surface area contributed by atoms with Crippen LogP contribution in [0.4, 0.5) is 10.5 Å². The van der Waals surface area contributed by atoms with Gasteiger partial charge in [0.2, 0.25) is 0 Å². The van der Waals surface area contributed by atoms with Crippen molar-refractivity contribution in [3.05, 3.63) is 29.8 Å². The minimum Gasteiger partial charge on any atom is -0.469 e. The molecule has 0 aliphatic heterocycles. The Kier molecular flexibility index (Phi) is 6.40. The monoisotopic (exact) mass is 320 g/mol. The average Bonchev–Trinajstić information content (AvgIpc) is 3.01. The first kappa shape index (κ1) is 17.3. The summed E-state index contributed by atoms with van der Waals surface area (Å²) in [4.78, 5) is 24.0. The van der Waals surface area contributed by atoms with Crippen LogP contribution in [0.1, 0.15) is 31.7 Å². The van der Waals surface area contributed by atoms with Crippen LogP contribution in [0.2, 0.25) is 0 Å². The van der Waals surface area contributed by atoms with Gasteiger partial charge in [-0.3, -0.25) is 4.79 Å². The number of carbonyl (C=O) groups excluding carboxylic acids is 2. The van der Waals surface area contributed by atoms with E-state index in [0.29, 0.717) is 18.9 Å². The molecular weight excluding hydrogens is 296 g/mol. The van der Waals surface area contributed by atoms with E-state index in [0.717, 1.165) is 24.8 Å². The Hall–Kier alpha value is -2.08. The van der Waals surface area contributed by atoms with Crippen molar-refractivity contribution in [1.29, 1.82) is 0 Å². The van der Waals surface area contributed by atoms with Crippen LogP contribution in [0.25, 0.3) is 0 Å². The zero-order valence-corrected chi connectivity index (χ0v) is 13.6. The molecule has 0 heterocycles. The maximum Gasteiger partial charge on any atom is 0.319 e. The van der Waals surface area contributed by atoms with Gasteiger partial charge in [0.1, 0.15) is 0 Å². The molecule has 0 bridgehead atoms. The second-order valence-electron chi connectivity index (χ2n) is 5.56. The number of ether oxygens (including phenoxy) is 2. The molecule has 0 saturated heterocycles. The summed E-state index contributed by atoms with van der Waals surface area (Å²) in [5, 5.41) is 5.73. The highest BCUT2D eigenvalue weighted by molar-refractivity contribution is 5.90. The first-order valence-corrected chi connectivity index (χ1v) is 7.96. The lowest BCUT2D eigenvalue weighted by molar-refractivity contribution is -0.145. The van der Waals surface area contributed by atoms with Gasteiger partial charge < -0.3 is 20.1 Å². The molecular formula is C17H24N2O4. The Morgan fingerprint density at radius 2 is 2.04 bits per heavy atom. The Morgan fingerprint density at radius 3 is 2.78 bits per heavy atom. The van der Waals surface area contributed by atoms with Gasteiger partial charge in [0, 0.05) is 23.9 Å². The van der Waals surface area contributed by atoms with E-state index in [1.54, 1.807) is 0 Å². The molecule has 2 atom stereocenters. The highest BCUT2D eigenvalue weighted by atomic mass is 16.5. The van der Waals surface area contributed by atoms with Crippen LogP contribution in [-0.4, -0.2) is 31.8 Å². The van der Waals surface area contributed by atoms with Gasteiger partial charge in [-0.05, 0) is 25.8 Å². The van der Waals surface area contributed by atoms with Crippen LogP contribution in [0.15, 0.2) is 24.3 Å². The first-order valence-electron chi connectivity index (χ1n) is 7.96. The second-order valence-corrected chi connectivity index (χ2v) is 5.56. The first-order chi connectivity index (χ1) is 11.2. The maximum absolute atomic E-state index is 12.2. The summed E-state index contributed by atoms with van der Waals surface area (Å²) in [6, 6.07) is 7.02. The number of benzene rings is 1. The predicted octanol–water partition coefficient (Wildman–Crippen LogP) is 2.69. The molecule has 1 aliphatic rings. The van der Waals surface area contributed by atoms with Crippen LogP contribution in [0, 0.1) is 5.92 Å². The maximum atomic E-state index is 12.2. The molecule has 2 N–H and O–H groups in total. The van der Waals surface area contributed by atoms with Gasteiger partial charge in [0.15, 0.2) is 0 Å². The summed E-state index contributed by atoms with van der Waals surface area (Å²) < 4.78 is 10.2. The summed E-state index contributed by atoms with van der Waals surface area (Å²) >= 11 is 0. The molecule has 2 amide bonds. The summed E-state index contributed by atoms with van der Waals surface area (Å²) in [5.41, 5.74) is 1.63. The van der Waals surface area contributed by atoms with Gasteiger partial charge in [0.25, 0.3) is 0 Å². The number of amides is 2. The number of anilines is 1. The van der Waals surface area contributed by atoms with Crippen molar-refractivity contribution in [1.82, 2.24) is 5.32 Å². The number of methoxy groups -OCH3 is 1. The SMILES string of the molecule is CCOCc1ccccc1NC(=O)N[C@@H]1CCC[C@H]1C(=O)OC. The number of carbonyl (C=O) groups is 2. The third-order valence-corrected chi connectivity index (χ3v) is 4.06. The van der Waals surface area contributed by atoms with Crippen LogP contribution in [0.3, 0.4) is 0 Å². The summed E-state index contributed by atoms with van der Waals surface area (Å²) in [6.45, 7) is 2.99. The van der Waals surface area contributed by atoms with Crippen molar-refractivity contribution < 1.29 is 19.1 Å². The largest absolute Gasteiger partial charge is 0.469 e. The van der Waals surface area contributed by atoms with E-state index in [-0.39, 0.29) is 24.0 Å². The second kappa shape index (κ2) is 8.53. The molecule has 1 fully saturated rings. The van der Waals surface area contributed by atoms with E-state index >= 15 is 0 Å².